The molecule has 0 heterocycles. The predicted molar refractivity (Wildman–Crippen MR) is 76.5 cm³/mol. The van der Waals surface area contributed by atoms with Gasteiger partial charge in [-0.05, 0) is 22.3 Å². The number of carbonyl (C=O) groups is 1. The van der Waals surface area contributed by atoms with Crippen molar-refractivity contribution in [1.82, 2.24) is 0 Å². The van der Waals surface area contributed by atoms with E-state index in [0.29, 0.717) is 0 Å². The molecule has 0 radical (unpaired) electrons. The molecule has 0 spiro atoms. The molecular formula is C15H12O5S. The van der Waals surface area contributed by atoms with Crippen LogP contribution in [0.1, 0.15) is 17.0 Å². The summed E-state index contributed by atoms with van der Waals surface area (Å²) in [6.07, 6.45) is -1.20. The third kappa shape index (κ3) is 2.62. The van der Waals surface area contributed by atoms with Gasteiger partial charge < -0.3 is 8.92 Å². The fourth-order valence-electron chi connectivity index (χ4n) is 2.68. The lowest BCUT2D eigenvalue weighted by Gasteiger charge is -2.12. The first-order valence-electron chi connectivity index (χ1n) is 6.34. The second-order valence-corrected chi connectivity index (χ2v) is 5.23. The Labute approximate surface area is 123 Å². The van der Waals surface area contributed by atoms with Crippen molar-refractivity contribution in [3.63, 3.8) is 0 Å². The van der Waals surface area contributed by atoms with E-state index in [1.54, 1.807) is 0 Å². The number of hydrogen-bond donors (Lipinski definition) is 1. The molecule has 3 rings (SSSR count). The number of thiol groups is 1. The molecule has 2 aromatic carbocycles. The lowest BCUT2D eigenvalue weighted by molar-refractivity contribution is 0.100. The molecule has 0 aromatic heterocycles. The highest BCUT2D eigenvalue weighted by molar-refractivity contribution is 7.67. The van der Waals surface area contributed by atoms with E-state index in [-0.39, 0.29) is 12.5 Å². The highest BCUT2D eigenvalue weighted by Crippen LogP contribution is 2.44. The van der Waals surface area contributed by atoms with E-state index in [0.717, 1.165) is 22.3 Å². The predicted octanol–water partition coefficient (Wildman–Crippen LogP) is 2.48. The maximum atomic E-state index is 11.2. The first kappa shape index (κ1) is 13.6. The van der Waals surface area contributed by atoms with Crippen LogP contribution in [-0.4, -0.2) is 21.2 Å². The standard InChI is InChI=1S/C15H12O5S/c16-15(20-21(17)18)19-9-14-12-7-3-1-5-10(12)11-6-2-4-8-13(11)14/h1-8,14,21H,9H2. The Morgan fingerprint density at radius 1 is 0.952 bits per heavy atom. The van der Waals surface area contributed by atoms with Gasteiger partial charge in [0.1, 0.15) is 6.61 Å². The van der Waals surface area contributed by atoms with Crippen molar-refractivity contribution in [3.05, 3.63) is 59.7 Å². The SMILES string of the molecule is O=C(OCC1c2ccccc2-c2ccccc21)O[SH](=O)=O. The van der Waals surface area contributed by atoms with Crippen LogP contribution < -0.4 is 0 Å². The van der Waals surface area contributed by atoms with Crippen molar-refractivity contribution in [2.45, 2.75) is 5.92 Å². The van der Waals surface area contributed by atoms with Gasteiger partial charge in [0.25, 0.3) is 0 Å². The second kappa shape index (κ2) is 5.57. The first-order chi connectivity index (χ1) is 10.2. The maximum absolute atomic E-state index is 11.2. The Bertz CT molecular complexity index is 713. The fraction of sp³-hybridized carbons (Fsp3) is 0.133. The molecule has 6 heteroatoms. The molecule has 2 aromatic rings. The topological polar surface area (TPSA) is 69.7 Å². The van der Waals surface area contributed by atoms with E-state index in [4.69, 9.17) is 4.74 Å². The minimum atomic E-state index is -3.24. The number of hydrogen-bond acceptors (Lipinski definition) is 5. The molecule has 0 unspecified atom stereocenters. The smallest absolute Gasteiger partial charge is 0.432 e. The Kier molecular flexibility index (Phi) is 3.62. The van der Waals surface area contributed by atoms with Gasteiger partial charge in [-0.2, -0.15) is 8.42 Å². The highest BCUT2D eigenvalue weighted by atomic mass is 32.2. The molecular weight excluding hydrogens is 292 g/mol. The van der Waals surface area contributed by atoms with Crippen LogP contribution in [0, 0.1) is 0 Å². The Morgan fingerprint density at radius 3 is 2.00 bits per heavy atom. The quantitative estimate of drug-likeness (QED) is 0.697. The normalized spacial score (nSPS) is 12.8. The van der Waals surface area contributed by atoms with Crippen molar-refractivity contribution in [3.8, 4) is 11.1 Å². The highest BCUT2D eigenvalue weighted by Gasteiger charge is 2.29. The van der Waals surface area contributed by atoms with Gasteiger partial charge in [0.2, 0.25) is 0 Å². The van der Waals surface area contributed by atoms with Crippen LogP contribution in [0.5, 0.6) is 0 Å². The summed E-state index contributed by atoms with van der Waals surface area (Å²) in [5.74, 6) is -0.116. The summed E-state index contributed by atoms with van der Waals surface area (Å²) in [5.41, 5.74) is 4.31. The number of rotatable bonds is 3. The third-order valence-corrected chi connectivity index (χ3v) is 3.78. The minimum Gasteiger partial charge on any atom is -0.432 e. The molecule has 21 heavy (non-hydrogen) atoms. The molecule has 0 atom stereocenters. The summed E-state index contributed by atoms with van der Waals surface area (Å²) < 4.78 is 29.5. The van der Waals surface area contributed by atoms with Crippen molar-refractivity contribution in [2.75, 3.05) is 6.61 Å². The summed E-state index contributed by atoms with van der Waals surface area (Å²) in [5, 5.41) is 0. The second-order valence-electron chi connectivity index (χ2n) is 4.60. The van der Waals surface area contributed by atoms with Gasteiger partial charge >= 0.3 is 17.1 Å². The molecule has 0 saturated carbocycles. The van der Waals surface area contributed by atoms with Crippen LogP contribution >= 0.6 is 0 Å². The Balaban J connectivity index is 1.87. The van der Waals surface area contributed by atoms with Crippen molar-refractivity contribution < 1.29 is 22.1 Å². The van der Waals surface area contributed by atoms with E-state index in [2.05, 4.69) is 4.18 Å². The summed E-state index contributed by atoms with van der Waals surface area (Å²) in [6.45, 7) is 0.0377. The molecule has 0 saturated heterocycles. The zero-order chi connectivity index (χ0) is 14.8. The van der Waals surface area contributed by atoms with E-state index in [9.17, 15) is 13.2 Å². The summed E-state index contributed by atoms with van der Waals surface area (Å²) >= 11 is 0. The van der Waals surface area contributed by atoms with Crippen LogP contribution in [-0.2, 0) is 19.9 Å². The van der Waals surface area contributed by atoms with Crippen LogP contribution in [0.15, 0.2) is 48.5 Å². The average molecular weight is 304 g/mol. The number of fused-ring (bicyclic) bond motifs is 3. The molecule has 0 bridgehead atoms. The molecule has 0 N–H and O–H groups in total. The number of carbonyl (C=O) groups excluding carboxylic acids is 1. The zero-order valence-corrected chi connectivity index (χ0v) is 11.8. The van der Waals surface area contributed by atoms with Crippen molar-refractivity contribution in [1.29, 1.82) is 0 Å². The van der Waals surface area contributed by atoms with E-state index >= 15 is 0 Å². The summed E-state index contributed by atoms with van der Waals surface area (Å²) in [7, 11) is -3.24. The zero-order valence-electron chi connectivity index (χ0n) is 10.9. The fourth-order valence-corrected chi connectivity index (χ4v) is 2.85. The van der Waals surface area contributed by atoms with Gasteiger partial charge in [0.05, 0.1) is 0 Å². The maximum Gasteiger partial charge on any atom is 0.524 e. The molecule has 0 amide bonds. The van der Waals surface area contributed by atoms with Gasteiger partial charge in [0.15, 0.2) is 0 Å². The average Bonchev–Trinajstić information content (AvgIpc) is 2.79. The van der Waals surface area contributed by atoms with Gasteiger partial charge in [-0.1, -0.05) is 48.5 Å². The van der Waals surface area contributed by atoms with E-state index in [1.165, 1.54) is 0 Å². The van der Waals surface area contributed by atoms with E-state index in [1.807, 2.05) is 48.5 Å². The monoisotopic (exact) mass is 304 g/mol. The third-order valence-electron chi connectivity index (χ3n) is 3.48. The lowest BCUT2D eigenvalue weighted by Crippen LogP contribution is -2.13. The summed E-state index contributed by atoms with van der Waals surface area (Å²) in [4.78, 5) is 11.2. The Morgan fingerprint density at radius 2 is 1.48 bits per heavy atom. The van der Waals surface area contributed by atoms with Crippen molar-refractivity contribution in [2.24, 2.45) is 0 Å². The van der Waals surface area contributed by atoms with Gasteiger partial charge in [-0.3, -0.25) is 0 Å². The largest absolute Gasteiger partial charge is 0.524 e. The summed E-state index contributed by atoms with van der Waals surface area (Å²) in [6, 6.07) is 15.7. The molecule has 0 aliphatic heterocycles. The molecule has 108 valence electrons. The first-order valence-corrected chi connectivity index (χ1v) is 7.43. The van der Waals surface area contributed by atoms with Gasteiger partial charge in [-0.15, -0.1) is 0 Å². The molecule has 0 fully saturated rings. The van der Waals surface area contributed by atoms with Crippen LogP contribution in [0.25, 0.3) is 11.1 Å². The Hall–Kier alpha value is -2.34. The number of ether oxygens (including phenoxy) is 1. The molecule has 1 aliphatic carbocycles. The number of benzene rings is 2. The van der Waals surface area contributed by atoms with Gasteiger partial charge in [-0.25, -0.2) is 4.79 Å². The van der Waals surface area contributed by atoms with Crippen molar-refractivity contribution >= 4 is 17.1 Å². The van der Waals surface area contributed by atoms with E-state index < -0.39 is 17.1 Å². The minimum absolute atomic E-state index is 0.0377. The van der Waals surface area contributed by atoms with Crippen LogP contribution in [0.2, 0.25) is 0 Å². The lowest BCUT2D eigenvalue weighted by atomic mass is 9.98. The van der Waals surface area contributed by atoms with Crippen LogP contribution in [0.4, 0.5) is 4.79 Å². The molecule has 1 aliphatic rings. The van der Waals surface area contributed by atoms with Gasteiger partial charge in [0, 0.05) is 5.92 Å². The molecule has 5 nitrogen and oxygen atoms in total. The van der Waals surface area contributed by atoms with Crippen LogP contribution in [0.3, 0.4) is 0 Å².